The first-order chi connectivity index (χ1) is 28.7. The monoisotopic (exact) mass is 946 g/mol. The van der Waals surface area contributed by atoms with Crippen molar-refractivity contribution in [2.45, 2.75) is 26.0 Å². The van der Waals surface area contributed by atoms with Gasteiger partial charge in [0.25, 0.3) is 0 Å². The minimum atomic E-state index is -1.92. The first kappa shape index (κ1) is 35.2. The fourth-order valence-corrected chi connectivity index (χ4v) is 9.15. The molecule has 7 aromatic carbocycles. The van der Waals surface area contributed by atoms with Crippen molar-refractivity contribution < 1.29 is 23.8 Å². The van der Waals surface area contributed by atoms with Gasteiger partial charge in [-0.25, -0.2) is 4.98 Å². The third-order valence-corrected chi connectivity index (χ3v) is 12.9. The summed E-state index contributed by atoms with van der Waals surface area (Å²) in [7, 11) is -1.63. The molecular weight excluding hydrogens is 904 g/mol. The number of pyridine rings is 1. The molecular formula is C52H41N4PtSi-3. The molecule has 0 bridgehead atoms. The van der Waals surface area contributed by atoms with Gasteiger partial charge in [0.2, 0.25) is 0 Å². The summed E-state index contributed by atoms with van der Waals surface area (Å²) in [5.41, 5.74) is 10.9. The van der Waals surface area contributed by atoms with E-state index >= 15 is 0 Å². The molecule has 0 N–H and O–H groups in total. The molecule has 0 fully saturated rings. The van der Waals surface area contributed by atoms with Crippen LogP contribution in [0.1, 0.15) is 13.9 Å². The second-order valence-electron chi connectivity index (χ2n) is 15.5. The zero-order valence-corrected chi connectivity index (χ0v) is 35.7. The second-order valence-corrected chi connectivity index (χ2v) is 20.6. The summed E-state index contributed by atoms with van der Waals surface area (Å²) in [6.45, 7) is 9.12. The molecule has 10 rings (SSSR count). The third kappa shape index (κ3) is 6.79. The Morgan fingerprint density at radius 3 is 1.93 bits per heavy atom. The summed E-state index contributed by atoms with van der Waals surface area (Å²) < 4.78 is 21.5. The molecule has 0 spiro atoms. The largest absolute Gasteiger partial charge is 0.493 e. The van der Waals surface area contributed by atoms with Crippen molar-refractivity contribution in [3.63, 3.8) is 0 Å². The van der Waals surface area contributed by atoms with Gasteiger partial charge in [0, 0.05) is 63.7 Å². The van der Waals surface area contributed by atoms with E-state index in [2.05, 4.69) is 162 Å². The molecule has 0 unspecified atom stereocenters. The number of rotatable bonds is 8. The number of hydrogen-bond acceptors (Lipinski definition) is 3. The molecule has 286 valence electrons. The molecule has 0 atom stereocenters. The molecule has 0 saturated heterocycles. The standard InChI is InChI=1S/C52H41N4Si.Pt/c1-57(2,3)42-30-31-53-51(35-42)56-47-25-11-10-22-45(47)46-29-28-38(34-50(46)56)32-37-16-14-21-41(33-37)54-36-55(49-27-13-12-26-48(49)54)52-43(39-17-6-4-7-18-39)23-15-24-44(52)40-19-8-5-9-20-40;/h4-31,35-36H,32H2,1-3H3;/q-3;/i32D2;. The Morgan fingerprint density at radius 1 is 0.603 bits per heavy atom. The van der Waals surface area contributed by atoms with Crippen molar-refractivity contribution in [2.75, 3.05) is 9.80 Å². The van der Waals surface area contributed by atoms with E-state index in [1.165, 1.54) is 5.19 Å². The van der Waals surface area contributed by atoms with E-state index in [0.717, 1.165) is 72.6 Å². The van der Waals surface area contributed by atoms with E-state index in [1.54, 1.807) is 0 Å². The molecule has 9 aromatic rings. The van der Waals surface area contributed by atoms with Crippen LogP contribution in [0, 0.1) is 18.8 Å². The maximum absolute atomic E-state index is 9.69. The minimum Gasteiger partial charge on any atom is -0.493 e. The summed E-state index contributed by atoms with van der Waals surface area (Å²) in [6, 6.07) is 65.3. The van der Waals surface area contributed by atoms with Crippen molar-refractivity contribution in [3.05, 3.63) is 206 Å². The van der Waals surface area contributed by atoms with Crippen LogP contribution < -0.4 is 15.0 Å². The predicted octanol–water partition coefficient (Wildman–Crippen LogP) is 12.7. The Bertz CT molecular complexity index is 2960. The van der Waals surface area contributed by atoms with E-state index in [4.69, 9.17) is 4.98 Å². The van der Waals surface area contributed by atoms with Crippen LogP contribution in [0.15, 0.2) is 176 Å². The van der Waals surface area contributed by atoms with Gasteiger partial charge in [-0.1, -0.05) is 140 Å². The molecule has 0 amide bonds. The van der Waals surface area contributed by atoms with Gasteiger partial charge in [-0.05, 0) is 53.2 Å². The van der Waals surface area contributed by atoms with Crippen LogP contribution in [-0.4, -0.2) is 17.6 Å². The van der Waals surface area contributed by atoms with Gasteiger partial charge in [0.05, 0.1) is 8.07 Å². The van der Waals surface area contributed by atoms with Crippen LogP contribution in [0.25, 0.3) is 49.9 Å². The van der Waals surface area contributed by atoms with Crippen LogP contribution in [-0.2, 0) is 27.4 Å². The number of anilines is 4. The van der Waals surface area contributed by atoms with Crippen LogP contribution in [0.5, 0.6) is 0 Å². The van der Waals surface area contributed by atoms with E-state index in [1.807, 2.05) is 66.9 Å². The molecule has 0 radical (unpaired) electrons. The fourth-order valence-electron chi connectivity index (χ4n) is 8.01. The Labute approximate surface area is 359 Å². The number of hydrogen-bond donors (Lipinski definition) is 0. The smallest absolute Gasteiger partial charge is 0.135 e. The molecule has 6 heteroatoms. The van der Waals surface area contributed by atoms with Gasteiger partial charge < -0.3 is 14.4 Å². The zero-order valence-electron chi connectivity index (χ0n) is 34.4. The van der Waals surface area contributed by atoms with Crippen LogP contribution in [0.3, 0.4) is 0 Å². The maximum atomic E-state index is 9.69. The van der Waals surface area contributed by atoms with Gasteiger partial charge in [-0.2, -0.15) is 53.6 Å². The van der Waals surface area contributed by atoms with Crippen LogP contribution in [0.4, 0.5) is 22.7 Å². The second kappa shape index (κ2) is 15.4. The van der Waals surface area contributed by atoms with Crippen molar-refractivity contribution in [2.24, 2.45) is 0 Å². The third-order valence-electron chi connectivity index (χ3n) is 10.8. The number of aromatic nitrogens is 2. The molecule has 4 nitrogen and oxygen atoms in total. The van der Waals surface area contributed by atoms with Crippen LogP contribution in [0.2, 0.25) is 19.6 Å². The van der Waals surface area contributed by atoms with E-state index < -0.39 is 14.4 Å². The van der Waals surface area contributed by atoms with Crippen LogP contribution >= 0.6 is 0 Å². The van der Waals surface area contributed by atoms with Gasteiger partial charge >= 0.3 is 0 Å². The number of benzene rings is 7. The molecule has 3 heterocycles. The SMILES string of the molecule is [2H]C([2H])(c1[c-]c(N2[CH-]N(c3c(-c4ccccc4)cccc3-c3ccccc3)c3ccccc32)ccc1)c1[c-]c2c(cc1)c1ccccc1n2-c1cc([Si](C)(C)C)ccn1.[Pt]. The molecule has 0 aliphatic carbocycles. The molecule has 2 aromatic heterocycles. The maximum Gasteiger partial charge on any atom is 0.135 e. The number of fused-ring (bicyclic) bond motifs is 4. The number of para-hydroxylation sites is 4. The van der Waals surface area contributed by atoms with Gasteiger partial charge in [0.15, 0.2) is 0 Å². The summed E-state index contributed by atoms with van der Waals surface area (Å²) in [6.07, 6.45) is -0.0249. The first-order valence-corrected chi connectivity index (χ1v) is 22.9. The Kier molecular flexibility index (Phi) is 9.34. The Balaban J connectivity index is 0.00000462. The van der Waals surface area contributed by atoms with Gasteiger partial charge in [-0.3, -0.25) is 0 Å². The fraction of sp³-hybridized carbons (Fsp3) is 0.0769. The quantitative estimate of drug-likeness (QED) is 0.112. The van der Waals surface area contributed by atoms with E-state index in [0.29, 0.717) is 11.1 Å². The Hall–Kier alpha value is -6.00. The average molecular weight is 947 g/mol. The summed E-state index contributed by atoms with van der Waals surface area (Å²) in [5.74, 6) is 0.815. The van der Waals surface area contributed by atoms with E-state index in [9.17, 15) is 2.74 Å². The molecule has 1 aliphatic heterocycles. The van der Waals surface area contributed by atoms with E-state index in [-0.39, 0.29) is 21.1 Å². The normalized spacial score (nSPS) is 13.3. The van der Waals surface area contributed by atoms with Crippen molar-refractivity contribution in [1.82, 2.24) is 9.55 Å². The molecule has 0 saturated carbocycles. The van der Waals surface area contributed by atoms with Gasteiger partial charge in [-0.15, -0.1) is 17.7 Å². The number of nitrogens with zero attached hydrogens (tertiary/aromatic N) is 4. The van der Waals surface area contributed by atoms with Crippen molar-refractivity contribution in [1.29, 1.82) is 0 Å². The summed E-state index contributed by atoms with van der Waals surface area (Å²) in [4.78, 5) is 9.23. The Morgan fingerprint density at radius 2 is 1.22 bits per heavy atom. The summed E-state index contributed by atoms with van der Waals surface area (Å²) >= 11 is 0. The average Bonchev–Trinajstić information content (AvgIpc) is 3.82. The molecule has 1 aliphatic rings. The van der Waals surface area contributed by atoms with Gasteiger partial charge in [0.1, 0.15) is 5.82 Å². The van der Waals surface area contributed by atoms with Crippen molar-refractivity contribution in [3.8, 4) is 28.1 Å². The zero-order chi connectivity index (χ0) is 40.3. The molecule has 58 heavy (non-hydrogen) atoms. The first-order valence-electron chi connectivity index (χ1n) is 20.4. The topological polar surface area (TPSA) is 24.3 Å². The summed E-state index contributed by atoms with van der Waals surface area (Å²) in [5, 5.41) is 3.40. The minimum absolute atomic E-state index is 0. The van der Waals surface area contributed by atoms with Crippen molar-refractivity contribution >= 4 is 57.8 Å². The predicted molar refractivity (Wildman–Crippen MR) is 241 cm³/mol.